The number of hydrogen-bond acceptors (Lipinski definition) is 5. The topological polar surface area (TPSA) is 65.8 Å². The highest BCUT2D eigenvalue weighted by Crippen LogP contribution is 2.34. The van der Waals surface area contributed by atoms with Crippen LogP contribution in [0.5, 0.6) is 0 Å². The summed E-state index contributed by atoms with van der Waals surface area (Å²) >= 11 is 0. The largest absolute Gasteiger partial charge is 0.354 e. The number of fused-ring (bicyclic) bond motifs is 2. The van der Waals surface area contributed by atoms with Crippen molar-refractivity contribution < 1.29 is 9.18 Å². The van der Waals surface area contributed by atoms with Gasteiger partial charge in [0.1, 0.15) is 11.6 Å². The zero-order chi connectivity index (χ0) is 22.4. The molecule has 0 saturated carbocycles. The molecule has 1 N–H and O–H groups in total. The standard InChI is InChI=1S/C25H29FN6O/c26-20-3-1-17(2-4-20)18-8-13-30(14-9-18)25(33)19-15-31(16-19)24-21-5-10-27-11-6-22(21)29-23-7-12-28-32(23)24/h1-4,7,12,18-19,27H,5-6,8-11,13-16H2. The highest BCUT2D eigenvalue weighted by Gasteiger charge is 2.39. The molecule has 0 atom stereocenters. The third kappa shape index (κ3) is 3.76. The minimum absolute atomic E-state index is 0.0331. The van der Waals surface area contributed by atoms with Gasteiger partial charge in [-0.2, -0.15) is 9.61 Å². The lowest BCUT2D eigenvalue weighted by Crippen LogP contribution is -2.56. The summed E-state index contributed by atoms with van der Waals surface area (Å²) in [4.78, 5) is 22.4. The lowest BCUT2D eigenvalue weighted by atomic mass is 9.88. The molecule has 2 saturated heterocycles. The molecule has 172 valence electrons. The van der Waals surface area contributed by atoms with Gasteiger partial charge >= 0.3 is 0 Å². The quantitative estimate of drug-likeness (QED) is 0.667. The summed E-state index contributed by atoms with van der Waals surface area (Å²) < 4.78 is 15.2. The van der Waals surface area contributed by atoms with E-state index in [-0.39, 0.29) is 17.6 Å². The van der Waals surface area contributed by atoms with Gasteiger partial charge < -0.3 is 15.1 Å². The third-order valence-corrected chi connectivity index (χ3v) is 7.46. The monoisotopic (exact) mass is 448 g/mol. The third-order valence-electron chi connectivity index (χ3n) is 7.46. The molecule has 0 aliphatic carbocycles. The molecule has 5 heterocycles. The van der Waals surface area contributed by atoms with Crippen LogP contribution in [0.1, 0.15) is 35.6 Å². The summed E-state index contributed by atoms with van der Waals surface area (Å²) in [6.45, 7) is 4.89. The number of benzene rings is 1. The zero-order valence-corrected chi connectivity index (χ0v) is 18.7. The second-order valence-corrected chi connectivity index (χ2v) is 9.46. The molecule has 3 aliphatic rings. The summed E-state index contributed by atoms with van der Waals surface area (Å²) in [5.41, 5.74) is 4.47. The van der Waals surface area contributed by atoms with E-state index in [2.05, 4.69) is 15.3 Å². The van der Waals surface area contributed by atoms with Gasteiger partial charge in [0.05, 0.1) is 17.8 Å². The van der Waals surface area contributed by atoms with E-state index in [1.165, 1.54) is 23.3 Å². The number of likely N-dealkylation sites (tertiary alicyclic amines) is 1. The predicted octanol–water partition coefficient (Wildman–Crippen LogP) is 2.40. The SMILES string of the molecule is O=C(C1CN(c2c3c(nc4ccnn24)CCNCC3)C1)N1CCC(c2ccc(F)cc2)CC1. The van der Waals surface area contributed by atoms with E-state index in [1.54, 1.807) is 6.20 Å². The Labute approximate surface area is 192 Å². The van der Waals surface area contributed by atoms with Gasteiger partial charge in [0.25, 0.3) is 0 Å². The first kappa shape index (κ1) is 20.6. The molecule has 0 radical (unpaired) electrons. The Morgan fingerprint density at radius 1 is 1.03 bits per heavy atom. The number of aromatic nitrogens is 3. The van der Waals surface area contributed by atoms with E-state index >= 15 is 0 Å². The minimum Gasteiger partial charge on any atom is -0.354 e. The Hall–Kier alpha value is -3.00. The van der Waals surface area contributed by atoms with Crippen LogP contribution in [0.25, 0.3) is 5.65 Å². The van der Waals surface area contributed by atoms with Crippen LogP contribution in [-0.2, 0) is 17.6 Å². The predicted molar refractivity (Wildman–Crippen MR) is 124 cm³/mol. The number of carbonyl (C=O) groups excluding carboxylic acids is 1. The maximum absolute atomic E-state index is 13.2. The average molecular weight is 449 g/mol. The normalized spacial score (nSPS) is 19.9. The molecular formula is C25H29FN6O. The molecule has 3 aliphatic heterocycles. The first-order valence-corrected chi connectivity index (χ1v) is 12.0. The highest BCUT2D eigenvalue weighted by molar-refractivity contribution is 5.82. The fourth-order valence-corrected chi connectivity index (χ4v) is 5.57. The summed E-state index contributed by atoms with van der Waals surface area (Å²) in [5.74, 6) is 1.62. The maximum Gasteiger partial charge on any atom is 0.229 e. The molecule has 7 nitrogen and oxygen atoms in total. The molecule has 2 aromatic heterocycles. The van der Waals surface area contributed by atoms with E-state index in [9.17, 15) is 9.18 Å². The molecule has 2 fully saturated rings. The van der Waals surface area contributed by atoms with Gasteiger partial charge in [-0.05, 0) is 49.4 Å². The minimum atomic E-state index is -0.198. The van der Waals surface area contributed by atoms with Crippen LogP contribution < -0.4 is 10.2 Å². The fourth-order valence-electron chi connectivity index (χ4n) is 5.57. The van der Waals surface area contributed by atoms with Crippen molar-refractivity contribution in [1.29, 1.82) is 0 Å². The van der Waals surface area contributed by atoms with Crippen LogP contribution in [0, 0.1) is 11.7 Å². The van der Waals surface area contributed by atoms with Gasteiger partial charge in [0.15, 0.2) is 5.65 Å². The molecule has 0 unspecified atom stereocenters. The number of piperidine rings is 1. The Balaban J connectivity index is 1.13. The molecule has 1 aromatic carbocycles. The summed E-state index contributed by atoms with van der Waals surface area (Å²) in [7, 11) is 0. The van der Waals surface area contributed by atoms with E-state index in [1.807, 2.05) is 27.6 Å². The molecule has 6 rings (SSSR count). The number of halogens is 1. The van der Waals surface area contributed by atoms with Gasteiger partial charge in [-0.1, -0.05) is 12.1 Å². The Morgan fingerprint density at radius 3 is 2.58 bits per heavy atom. The first-order valence-electron chi connectivity index (χ1n) is 12.0. The number of nitrogens with zero attached hydrogens (tertiary/aromatic N) is 5. The Bertz CT molecular complexity index is 1160. The number of rotatable bonds is 3. The molecule has 33 heavy (non-hydrogen) atoms. The summed E-state index contributed by atoms with van der Waals surface area (Å²) in [5, 5.41) is 8.00. The molecule has 0 spiro atoms. The van der Waals surface area contributed by atoms with Crippen molar-refractivity contribution >= 4 is 17.4 Å². The van der Waals surface area contributed by atoms with Gasteiger partial charge in [0.2, 0.25) is 5.91 Å². The van der Waals surface area contributed by atoms with E-state index in [0.29, 0.717) is 5.92 Å². The van der Waals surface area contributed by atoms with Crippen molar-refractivity contribution in [3.63, 3.8) is 0 Å². The van der Waals surface area contributed by atoms with E-state index in [4.69, 9.17) is 4.98 Å². The maximum atomic E-state index is 13.2. The molecule has 3 aromatic rings. The van der Waals surface area contributed by atoms with Crippen molar-refractivity contribution in [2.45, 2.75) is 31.6 Å². The second-order valence-electron chi connectivity index (χ2n) is 9.46. The molecule has 0 bridgehead atoms. The van der Waals surface area contributed by atoms with Crippen LogP contribution in [0.3, 0.4) is 0 Å². The van der Waals surface area contributed by atoms with Gasteiger partial charge in [-0.15, -0.1) is 0 Å². The lowest BCUT2D eigenvalue weighted by molar-refractivity contribution is -0.137. The van der Waals surface area contributed by atoms with Gasteiger partial charge in [-0.25, -0.2) is 9.37 Å². The number of carbonyl (C=O) groups is 1. The van der Waals surface area contributed by atoms with Crippen LogP contribution in [0.2, 0.25) is 0 Å². The summed E-state index contributed by atoms with van der Waals surface area (Å²) in [6, 6.07) is 8.77. The second kappa shape index (κ2) is 8.41. The number of nitrogens with one attached hydrogen (secondary N) is 1. The van der Waals surface area contributed by atoms with Crippen LogP contribution in [-0.4, -0.2) is 64.7 Å². The molecule has 8 heteroatoms. The van der Waals surface area contributed by atoms with Crippen molar-refractivity contribution in [2.75, 3.05) is 44.2 Å². The van der Waals surface area contributed by atoms with Crippen molar-refractivity contribution in [3.8, 4) is 0 Å². The highest BCUT2D eigenvalue weighted by atomic mass is 19.1. The number of hydrogen-bond donors (Lipinski definition) is 1. The van der Waals surface area contributed by atoms with Crippen molar-refractivity contribution in [3.05, 3.63) is 59.2 Å². The van der Waals surface area contributed by atoms with E-state index in [0.717, 1.165) is 82.1 Å². The number of anilines is 1. The lowest BCUT2D eigenvalue weighted by Gasteiger charge is -2.44. The van der Waals surface area contributed by atoms with Crippen LogP contribution in [0.15, 0.2) is 36.5 Å². The molecule has 1 amide bonds. The first-order chi connectivity index (χ1) is 16.2. The fraction of sp³-hybridized carbons (Fsp3) is 0.480. The van der Waals surface area contributed by atoms with Crippen molar-refractivity contribution in [2.24, 2.45) is 5.92 Å². The smallest absolute Gasteiger partial charge is 0.229 e. The molecular weight excluding hydrogens is 419 g/mol. The van der Waals surface area contributed by atoms with Crippen LogP contribution >= 0.6 is 0 Å². The zero-order valence-electron chi connectivity index (χ0n) is 18.7. The Kier molecular flexibility index (Phi) is 5.25. The van der Waals surface area contributed by atoms with Crippen LogP contribution in [0.4, 0.5) is 10.2 Å². The number of amides is 1. The van der Waals surface area contributed by atoms with E-state index < -0.39 is 0 Å². The Morgan fingerprint density at radius 2 is 1.79 bits per heavy atom. The summed E-state index contributed by atoms with van der Waals surface area (Å²) in [6.07, 6.45) is 5.53. The van der Waals surface area contributed by atoms with Crippen molar-refractivity contribution in [1.82, 2.24) is 24.8 Å². The average Bonchev–Trinajstić information content (AvgIpc) is 3.15. The van der Waals surface area contributed by atoms with Gasteiger partial charge in [0, 0.05) is 50.8 Å². The van der Waals surface area contributed by atoms with Gasteiger partial charge in [-0.3, -0.25) is 4.79 Å².